The van der Waals surface area contributed by atoms with Crippen LogP contribution >= 0.6 is 0 Å². The van der Waals surface area contributed by atoms with E-state index in [2.05, 4.69) is 10.0 Å². The molecule has 3 aromatic carbocycles. The Morgan fingerprint density at radius 2 is 1.39 bits per heavy atom. The van der Waals surface area contributed by atoms with E-state index in [1.807, 2.05) is 0 Å². The fourth-order valence-corrected chi connectivity index (χ4v) is 4.72. The second-order valence-corrected chi connectivity index (χ2v) is 11.0. The summed E-state index contributed by atoms with van der Waals surface area (Å²) in [6.45, 7) is 1.54. The van der Waals surface area contributed by atoms with E-state index in [9.17, 15) is 26.0 Å². The number of anilines is 3. The van der Waals surface area contributed by atoms with Crippen LogP contribution in [0.3, 0.4) is 0 Å². The molecule has 0 aliphatic rings. The van der Waals surface area contributed by atoms with Crippen molar-refractivity contribution in [3.05, 3.63) is 84.2 Å². The maximum absolute atomic E-state index is 13.0. The van der Waals surface area contributed by atoms with Gasteiger partial charge in [-0.05, 0) is 79.7 Å². The summed E-state index contributed by atoms with van der Waals surface area (Å²) in [7, 11) is -5.86. The smallest absolute Gasteiger partial charge is 0.261 e. The number of hydrogen-bond acceptors (Lipinski definition) is 5. The molecule has 0 aromatic heterocycles. The fourth-order valence-electron chi connectivity index (χ4n) is 2.83. The van der Waals surface area contributed by atoms with E-state index < -0.39 is 31.8 Å². The number of nitrogens with one attached hydrogen (secondary N) is 2. The minimum absolute atomic E-state index is 0.0330. The molecule has 0 aliphatic heterocycles. The normalized spacial score (nSPS) is 11.6. The van der Waals surface area contributed by atoms with Gasteiger partial charge in [-0.1, -0.05) is 0 Å². The first-order valence-electron chi connectivity index (χ1n) is 9.78. The summed E-state index contributed by atoms with van der Waals surface area (Å²) < 4.78 is 65.4. The van der Waals surface area contributed by atoms with Crippen molar-refractivity contribution < 1.29 is 26.0 Å². The van der Waals surface area contributed by atoms with Crippen molar-refractivity contribution in [1.82, 2.24) is 0 Å². The van der Waals surface area contributed by atoms with E-state index in [1.165, 1.54) is 67.7 Å². The van der Waals surface area contributed by atoms with E-state index in [1.54, 1.807) is 6.92 Å². The maximum atomic E-state index is 13.0. The number of carbonyl (C=O) groups is 1. The topological polar surface area (TPSA) is 113 Å². The quantitative estimate of drug-likeness (QED) is 0.499. The van der Waals surface area contributed by atoms with E-state index in [4.69, 9.17) is 0 Å². The standard InChI is InChI=1S/C22H22FN3O5S2/c1-3-32(28,29)26(2)20-12-4-16(5-13-20)22(27)24-18-10-14-21(15-11-18)33(30,31)25-19-8-6-17(23)7-9-19/h4-15,25H,3H2,1-2H3,(H,24,27). The highest BCUT2D eigenvalue weighted by molar-refractivity contribution is 7.93. The molecule has 3 rings (SSSR count). The lowest BCUT2D eigenvalue weighted by Gasteiger charge is -2.18. The predicted octanol–water partition coefficient (Wildman–Crippen LogP) is 3.66. The number of sulfonamides is 2. The molecular formula is C22H22FN3O5S2. The predicted molar refractivity (Wildman–Crippen MR) is 126 cm³/mol. The number of carbonyl (C=O) groups excluding carboxylic acids is 1. The van der Waals surface area contributed by atoms with Crippen molar-refractivity contribution in [3.63, 3.8) is 0 Å². The van der Waals surface area contributed by atoms with Crippen molar-refractivity contribution in [2.75, 3.05) is 27.1 Å². The Bertz CT molecular complexity index is 1340. The van der Waals surface area contributed by atoms with Crippen molar-refractivity contribution in [3.8, 4) is 0 Å². The molecule has 0 saturated carbocycles. The van der Waals surface area contributed by atoms with Gasteiger partial charge in [0.05, 0.1) is 16.3 Å². The third-order valence-corrected chi connectivity index (χ3v) is 7.97. The molecule has 0 fully saturated rings. The summed E-state index contributed by atoms with van der Waals surface area (Å²) in [5.41, 5.74) is 1.32. The van der Waals surface area contributed by atoms with E-state index in [-0.39, 0.29) is 16.3 Å². The van der Waals surface area contributed by atoms with Crippen LogP contribution in [0.1, 0.15) is 17.3 Å². The third-order valence-electron chi connectivity index (χ3n) is 4.79. The Morgan fingerprint density at radius 1 is 0.848 bits per heavy atom. The lowest BCUT2D eigenvalue weighted by Crippen LogP contribution is -2.28. The molecule has 11 heteroatoms. The largest absolute Gasteiger partial charge is 0.322 e. The van der Waals surface area contributed by atoms with E-state index >= 15 is 0 Å². The zero-order valence-electron chi connectivity index (χ0n) is 17.8. The van der Waals surface area contributed by atoms with Crippen molar-refractivity contribution in [2.45, 2.75) is 11.8 Å². The molecule has 2 N–H and O–H groups in total. The molecule has 0 bridgehead atoms. The highest BCUT2D eigenvalue weighted by atomic mass is 32.2. The molecular weight excluding hydrogens is 469 g/mol. The molecule has 1 amide bonds. The fraction of sp³-hybridized carbons (Fsp3) is 0.136. The average Bonchev–Trinajstić information content (AvgIpc) is 2.80. The summed E-state index contributed by atoms with van der Waals surface area (Å²) in [6, 6.07) is 16.5. The summed E-state index contributed by atoms with van der Waals surface area (Å²) in [5.74, 6) is -0.968. The summed E-state index contributed by atoms with van der Waals surface area (Å²) in [5, 5.41) is 2.66. The van der Waals surface area contributed by atoms with Gasteiger partial charge in [0.2, 0.25) is 10.0 Å². The van der Waals surface area contributed by atoms with Gasteiger partial charge in [0, 0.05) is 24.0 Å². The average molecular weight is 492 g/mol. The van der Waals surface area contributed by atoms with Crippen LogP contribution in [-0.2, 0) is 20.0 Å². The molecule has 0 radical (unpaired) electrons. The number of benzene rings is 3. The van der Waals surface area contributed by atoms with E-state index in [0.29, 0.717) is 16.9 Å². The van der Waals surface area contributed by atoms with Crippen LogP contribution < -0.4 is 14.3 Å². The molecule has 0 atom stereocenters. The molecule has 0 heterocycles. The van der Waals surface area contributed by atoms with Crippen LogP contribution in [0.4, 0.5) is 21.5 Å². The lowest BCUT2D eigenvalue weighted by atomic mass is 10.2. The van der Waals surface area contributed by atoms with Crippen molar-refractivity contribution in [2.24, 2.45) is 0 Å². The van der Waals surface area contributed by atoms with Gasteiger partial charge in [-0.15, -0.1) is 0 Å². The van der Waals surface area contributed by atoms with Crippen molar-refractivity contribution in [1.29, 1.82) is 0 Å². The van der Waals surface area contributed by atoms with Crippen LogP contribution in [0.25, 0.3) is 0 Å². The van der Waals surface area contributed by atoms with Gasteiger partial charge in [0.1, 0.15) is 5.82 Å². The monoisotopic (exact) mass is 491 g/mol. The first-order chi connectivity index (χ1) is 15.5. The van der Waals surface area contributed by atoms with Crippen LogP contribution in [0.2, 0.25) is 0 Å². The lowest BCUT2D eigenvalue weighted by molar-refractivity contribution is 0.102. The maximum Gasteiger partial charge on any atom is 0.261 e. The highest BCUT2D eigenvalue weighted by Crippen LogP contribution is 2.20. The number of nitrogens with zero attached hydrogens (tertiary/aromatic N) is 1. The summed E-state index contributed by atoms with van der Waals surface area (Å²) in [6.07, 6.45) is 0. The minimum Gasteiger partial charge on any atom is -0.322 e. The number of amides is 1. The second kappa shape index (κ2) is 9.59. The molecule has 8 nitrogen and oxygen atoms in total. The Kier molecular flexibility index (Phi) is 7.04. The van der Waals surface area contributed by atoms with Gasteiger partial charge < -0.3 is 5.32 Å². The number of halogens is 1. The first kappa shape index (κ1) is 24.2. The summed E-state index contributed by atoms with van der Waals surface area (Å²) in [4.78, 5) is 12.5. The van der Waals surface area contributed by atoms with Gasteiger partial charge in [-0.3, -0.25) is 13.8 Å². The zero-order valence-corrected chi connectivity index (χ0v) is 19.5. The van der Waals surface area contributed by atoms with E-state index in [0.717, 1.165) is 16.4 Å². The van der Waals surface area contributed by atoms with Crippen LogP contribution in [-0.4, -0.2) is 35.5 Å². The molecule has 33 heavy (non-hydrogen) atoms. The molecule has 0 saturated heterocycles. The zero-order chi connectivity index (χ0) is 24.2. The van der Waals surface area contributed by atoms with Crippen molar-refractivity contribution >= 4 is 43.0 Å². The van der Waals surface area contributed by atoms with Gasteiger partial charge in [-0.2, -0.15) is 0 Å². The van der Waals surface area contributed by atoms with Gasteiger partial charge in [0.15, 0.2) is 0 Å². The van der Waals surface area contributed by atoms with Crippen LogP contribution in [0.5, 0.6) is 0 Å². The van der Waals surface area contributed by atoms with Crippen LogP contribution in [0.15, 0.2) is 77.7 Å². The first-order valence-corrected chi connectivity index (χ1v) is 12.9. The molecule has 174 valence electrons. The Balaban J connectivity index is 1.68. The van der Waals surface area contributed by atoms with Gasteiger partial charge in [0.25, 0.3) is 15.9 Å². The minimum atomic E-state index is -3.89. The SMILES string of the molecule is CCS(=O)(=O)N(C)c1ccc(C(=O)Nc2ccc(S(=O)(=O)Nc3ccc(F)cc3)cc2)cc1. The Morgan fingerprint density at radius 3 is 1.94 bits per heavy atom. The molecule has 0 spiro atoms. The molecule has 0 unspecified atom stereocenters. The molecule has 3 aromatic rings. The number of hydrogen-bond donors (Lipinski definition) is 2. The Hall–Kier alpha value is -3.44. The summed E-state index contributed by atoms with van der Waals surface area (Å²) >= 11 is 0. The second-order valence-electron chi connectivity index (χ2n) is 7.01. The molecule has 0 aliphatic carbocycles. The van der Waals surface area contributed by atoms with Crippen LogP contribution in [0, 0.1) is 5.82 Å². The third kappa shape index (κ3) is 5.88. The van der Waals surface area contributed by atoms with Gasteiger partial charge >= 0.3 is 0 Å². The van der Waals surface area contributed by atoms with Gasteiger partial charge in [-0.25, -0.2) is 21.2 Å². The highest BCUT2D eigenvalue weighted by Gasteiger charge is 2.17. The Labute approximate surface area is 192 Å². The number of rotatable bonds is 8.